The highest BCUT2D eigenvalue weighted by molar-refractivity contribution is 5.91. The van der Waals surface area contributed by atoms with Crippen molar-refractivity contribution in [2.45, 2.75) is 64.4 Å². The van der Waals surface area contributed by atoms with Crippen LogP contribution < -0.4 is 4.74 Å². The van der Waals surface area contributed by atoms with E-state index in [1.165, 1.54) is 24.3 Å². The summed E-state index contributed by atoms with van der Waals surface area (Å²) in [6.45, 7) is 4.67. The molecule has 0 heterocycles. The van der Waals surface area contributed by atoms with E-state index in [2.05, 4.69) is 0 Å². The number of benzene rings is 2. The fraction of sp³-hybridized carbons (Fsp3) is 0.458. The van der Waals surface area contributed by atoms with Crippen LogP contribution in [0.15, 0.2) is 36.4 Å². The van der Waals surface area contributed by atoms with E-state index in [9.17, 15) is 13.6 Å². The Morgan fingerprint density at radius 3 is 2.38 bits per heavy atom. The van der Waals surface area contributed by atoms with E-state index in [-0.39, 0.29) is 17.2 Å². The first kappa shape index (κ1) is 21.4. The van der Waals surface area contributed by atoms with Crippen molar-refractivity contribution in [2.24, 2.45) is 0 Å². The molecule has 0 aromatic heterocycles. The van der Waals surface area contributed by atoms with E-state index in [0.717, 1.165) is 37.7 Å². The van der Waals surface area contributed by atoms with E-state index in [1.807, 2.05) is 13.8 Å². The van der Waals surface area contributed by atoms with Gasteiger partial charge in [0.2, 0.25) is 0 Å². The smallest absolute Gasteiger partial charge is 0.346 e. The van der Waals surface area contributed by atoms with Crippen LogP contribution in [0.1, 0.15) is 73.4 Å². The summed E-state index contributed by atoms with van der Waals surface area (Å²) in [5.41, 5.74) is 1.32. The average Bonchev–Trinajstić information content (AvgIpc) is 2.71. The van der Waals surface area contributed by atoms with E-state index < -0.39 is 17.6 Å². The van der Waals surface area contributed by atoms with E-state index in [0.29, 0.717) is 24.7 Å². The Labute approximate surface area is 171 Å². The van der Waals surface area contributed by atoms with Crippen LogP contribution in [-0.2, 0) is 11.2 Å². The predicted molar refractivity (Wildman–Crippen MR) is 108 cm³/mol. The lowest BCUT2D eigenvalue weighted by molar-refractivity contribution is 0.0328. The average molecular weight is 402 g/mol. The van der Waals surface area contributed by atoms with Crippen LogP contribution in [0, 0.1) is 11.6 Å². The molecule has 0 radical (unpaired) electrons. The first-order valence-electron chi connectivity index (χ1n) is 10.4. The van der Waals surface area contributed by atoms with Crippen molar-refractivity contribution in [3.8, 4) is 5.75 Å². The van der Waals surface area contributed by atoms with Crippen LogP contribution >= 0.6 is 0 Å². The topological polar surface area (TPSA) is 35.5 Å². The molecule has 1 fully saturated rings. The molecule has 0 spiro atoms. The summed E-state index contributed by atoms with van der Waals surface area (Å²) in [5.74, 6) is -1.51. The molecule has 0 aliphatic heterocycles. The lowest BCUT2D eigenvalue weighted by Crippen LogP contribution is -2.21. The maximum Gasteiger partial charge on any atom is 0.346 e. The number of ether oxygens (including phenoxy) is 2. The van der Waals surface area contributed by atoms with E-state index >= 15 is 0 Å². The van der Waals surface area contributed by atoms with Gasteiger partial charge in [-0.2, -0.15) is 0 Å². The Balaban J connectivity index is 1.65. The highest BCUT2D eigenvalue weighted by atomic mass is 19.1. The normalized spacial score (nSPS) is 19.2. The number of hydrogen-bond donors (Lipinski definition) is 0. The van der Waals surface area contributed by atoms with Crippen LogP contribution in [-0.4, -0.2) is 18.7 Å². The summed E-state index contributed by atoms with van der Waals surface area (Å²) in [5, 5.41) is 0. The van der Waals surface area contributed by atoms with Gasteiger partial charge < -0.3 is 9.47 Å². The Hall–Kier alpha value is -2.27. The first-order valence-corrected chi connectivity index (χ1v) is 10.4. The van der Waals surface area contributed by atoms with Gasteiger partial charge in [-0.15, -0.1) is 0 Å². The van der Waals surface area contributed by atoms with Gasteiger partial charge in [-0.1, -0.05) is 25.5 Å². The summed E-state index contributed by atoms with van der Waals surface area (Å²) in [4.78, 5) is 12.4. The molecule has 1 aliphatic carbocycles. The van der Waals surface area contributed by atoms with Crippen molar-refractivity contribution >= 4 is 5.97 Å². The van der Waals surface area contributed by atoms with Crippen LogP contribution in [0.4, 0.5) is 8.78 Å². The van der Waals surface area contributed by atoms with Crippen molar-refractivity contribution in [1.82, 2.24) is 0 Å². The molecule has 0 amide bonds. The summed E-state index contributed by atoms with van der Waals surface area (Å²) in [6, 6.07) is 8.98. The molecule has 0 unspecified atom stereocenters. The summed E-state index contributed by atoms with van der Waals surface area (Å²) in [7, 11) is 0. The van der Waals surface area contributed by atoms with E-state index in [4.69, 9.17) is 9.47 Å². The molecule has 1 aliphatic rings. The van der Waals surface area contributed by atoms with Crippen molar-refractivity contribution in [3.05, 3.63) is 64.7 Å². The minimum atomic E-state index is -0.822. The minimum Gasteiger partial charge on any atom is -0.423 e. The molecule has 0 atom stereocenters. The number of halogens is 2. The second kappa shape index (κ2) is 9.97. The SMILES string of the molecule is CCCc1ccc(OC(=O)c2ccc(C3CCC(OCC)CC3)cc2F)cc1F. The quantitative estimate of drug-likeness (QED) is 0.409. The molecule has 5 heteroatoms. The van der Waals surface area contributed by atoms with Gasteiger partial charge in [0.1, 0.15) is 17.4 Å². The Kier molecular flexibility index (Phi) is 7.37. The molecular weight excluding hydrogens is 374 g/mol. The zero-order valence-corrected chi connectivity index (χ0v) is 17.0. The zero-order valence-electron chi connectivity index (χ0n) is 17.0. The van der Waals surface area contributed by atoms with Crippen LogP contribution in [0.25, 0.3) is 0 Å². The molecule has 2 aromatic rings. The summed E-state index contributed by atoms with van der Waals surface area (Å²) < 4.78 is 39.5. The molecule has 1 saturated carbocycles. The number of carbonyl (C=O) groups excluding carboxylic acids is 1. The molecule has 3 rings (SSSR count). The van der Waals surface area contributed by atoms with Crippen LogP contribution in [0.3, 0.4) is 0 Å². The monoisotopic (exact) mass is 402 g/mol. The second-order valence-corrected chi connectivity index (χ2v) is 7.56. The first-order chi connectivity index (χ1) is 14.0. The van der Waals surface area contributed by atoms with Crippen LogP contribution in [0.5, 0.6) is 5.75 Å². The van der Waals surface area contributed by atoms with Gasteiger partial charge in [0.25, 0.3) is 0 Å². The van der Waals surface area contributed by atoms with Gasteiger partial charge in [0, 0.05) is 12.7 Å². The number of rotatable bonds is 7. The molecule has 29 heavy (non-hydrogen) atoms. The summed E-state index contributed by atoms with van der Waals surface area (Å²) >= 11 is 0. The Morgan fingerprint density at radius 2 is 1.76 bits per heavy atom. The number of aryl methyl sites for hydroxylation is 1. The highest BCUT2D eigenvalue weighted by Crippen LogP contribution is 2.34. The lowest BCUT2D eigenvalue weighted by Gasteiger charge is -2.28. The largest absolute Gasteiger partial charge is 0.423 e. The second-order valence-electron chi connectivity index (χ2n) is 7.56. The third-order valence-electron chi connectivity index (χ3n) is 5.52. The predicted octanol–water partition coefficient (Wildman–Crippen LogP) is 6.20. The zero-order chi connectivity index (χ0) is 20.8. The van der Waals surface area contributed by atoms with Gasteiger partial charge in [0.05, 0.1) is 11.7 Å². The fourth-order valence-electron chi connectivity index (χ4n) is 3.97. The molecular formula is C24H28F2O3. The minimum absolute atomic E-state index is 0.0741. The molecule has 0 bridgehead atoms. The van der Waals surface area contributed by atoms with Crippen LogP contribution in [0.2, 0.25) is 0 Å². The fourth-order valence-corrected chi connectivity index (χ4v) is 3.97. The van der Waals surface area contributed by atoms with Crippen molar-refractivity contribution < 1.29 is 23.0 Å². The van der Waals surface area contributed by atoms with Gasteiger partial charge in [-0.3, -0.25) is 0 Å². The number of hydrogen-bond acceptors (Lipinski definition) is 3. The molecule has 156 valence electrons. The molecule has 0 saturated heterocycles. The number of esters is 1. The van der Waals surface area contributed by atoms with Gasteiger partial charge in [-0.05, 0) is 74.3 Å². The maximum absolute atomic E-state index is 14.6. The third kappa shape index (κ3) is 5.41. The maximum atomic E-state index is 14.6. The van der Waals surface area contributed by atoms with E-state index in [1.54, 1.807) is 12.1 Å². The van der Waals surface area contributed by atoms with Gasteiger partial charge >= 0.3 is 5.97 Å². The standard InChI is InChI=1S/C24H28F2O3/c1-3-5-17-8-12-20(15-22(17)25)29-24(27)21-13-9-18(14-23(21)26)16-6-10-19(11-7-16)28-4-2/h8-9,12-16,19H,3-7,10-11H2,1-2H3. The highest BCUT2D eigenvalue weighted by Gasteiger charge is 2.24. The lowest BCUT2D eigenvalue weighted by atomic mass is 9.82. The van der Waals surface area contributed by atoms with Gasteiger partial charge in [-0.25, -0.2) is 13.6 Å². The number of carbonyl (C=O) groups is 1. The Bertz CT molecular complexity index is 842. The van der Waals surface area contributed by atoms with Crippen molar-refractivity contribution in [2.75, 3.05) is 6.61 Å². The van der Waals surface area contributed by atoms with Gasteiger partial charge in [0.15, 0.2) is 0 Å². The summed E-state index contributed by atoms with van der Waals surface area (Å²) in [6.07, 6.45) is 5.53. The molecule has 2 aromatic carbocycles. The third-order valence-corrected chi connectivity index (χ3v) is 5.52. The van der Waals surface area contributed by atoms with Crippen molar-refractivity contribution in [1.29, 1.82) is 0 Å². The molecule has 3 nitrogen and oxygen atoms in total. The van der Waals surface area contributed by atoms with Crippen molar-refractivity contribution in [3.63, 3.8) is 0 Å². The Morgan fingerprint density at radius 1 is 1.00 bits per heavy atom. The molecule has 0 N–H and O–H groups in total.